The maximum Gasteiger partial charge on any atom is 0.0499 e. The van der Waals surface area contributed by atoms with Gasteiger partial charge in [0.25, 0.3) is 0 Å². The summed E-state index contributed by atoms with van der Waals surface area (Å²) in [5, 5.41) is 9.82. The largest absolute Gasteiger partial charge is 0.396 e. The van der Waals surface area contributed by atoms with Gasteiger partial charge in [0.1, 0.15) is 0 Å². The Hall–Kier alpha value is -0.0800. The number of aliphatic hydroxyl groups excluding tert-OH is 1. The first-order valence-corrected chi connectivity index (χ1v) is 7.17. The lowest BCUT2D eigenvalue weighted by Crippen LogP contribution is -2.49. The van der Waals surface area contributed by atoms with E-state index in [4.69, 9.17) is 0 Å². The predicted octanol–water partition coefficient (Wildman–Crippen LogP) is 3.30. The molecule has 2 heteroatoms. The van der Waals surface area contributed by atoms with Crippen LogP contribution in [0, 0.1) is 11.3 Å². The van der Waals surface area contributed by atoms with Crippen molar-refractivity contribution in [2.24, 2.45) is 11.3 Å². The Balaban J connectivity index is 2.68. The minimum absolute atomic E-state index is 0.152. The van der Waals surface area contributed by atoms with E-state index in [1.807, 2.05) is 0 Å². The molecule has 0 aromatic heterocycles. The molecule has 1 aliphatic rings. The normalized spacial score (nSPS) is 30.9. The Kier molecular flexibility index (Phi) is 5.03. The molecule has 0 heterocycles. The van der Waals surface area contributed by atoms with Crippen molar-refractivity contribution in [3.05, 3.63) is 0 Å². The van der Waals surface area contributed by atoms with Crippen molar-refractivity contribution in [1.82, 2.24) is 4.90 Å². The van der Waals surface area contributed by atoms with Crippen molar-refractivity contribution in [1.29, 1.82) is 0 Å². The van der Waals surface area contributed by atoms with Crippen LogP contribution >= 0.6 is 0 Å². The molecule has 0 aromatic carbocycles. The van der Waals surface area contributed by atoms with Gasteiger partial charge in [0.05, 0.1) is 0 Å². The molecule has 2 atom stereocenters. The number of nitrogens with zero attached hydrogens (tertiary/aromatic N) is 1. The Morgan fingerprint density at radius 2 is 2.06 bits per heavy atom. The topological polar surface area (TPSA) is 23.5 Å². The van der Waals surface area contributed by atoms with Gasteiger partial charge in [-0.1, -0.05) is 26.7 Å². The van der Waals surface area contributed by atoms with Crippen LogP contribution in [-0.2, 0) is 0 Å². The van der Waals surface area contributed by atoms with Gasteiger partial charge >= 0.3 is 0 Å². The lowest BCUT2D eigenvalue weighted by Gasteiger charge is -2.45. The van der Waals surface area contributed by atoms with Gasteiger partial charge in [0, 0.05) is 24.1 Å². The third kappa shape index (κ3) is 3.69. The first-order chi connectivity index (χ1) is 7.85. The molecule has 2 unspecified atom stereocenters. The Labute approximate surface area is 107 Å². The quantitative estimate of drug-likeness (QED) is 0.798. The van der Waals surface area contributed by atoms with Gasteiger partial charge in [0.2, 0.25) is 0 Å². The highest BCUT2D eigenvalue weighted by Crippen LogP contribution is 2.40. The van der Waals surface area contributed by atoms with Gasteiger partial charge < -0.3 is 10.0 Å². The first-order valence-electron chi connectivity index (χ1n) is 7.17. The van der Waals surface area contributed by atoms with Crippen LogP contribution < -0.4 is 0 Å². The zero-order chi connectivity index (χ0) is 13.1. The standard InChI is InChI=1S/C15H31NO/c1-6-14(3,4)16(5)11-15(12-17)9-7-8-13(2)10-15/h13,17H,6-12H2,1-5H3. The molecule has 1 fully saturated rings. The van der Waals surface area contributed by atoms with Crippen molar-refractivity contribution in [3.8, 4) is 0 Å². The third-order valence-corrected chi connectivity index (χ3v) is 4.99. The molecule has 0 spiro atoms. The summed E-state index contributed by atoms with van der Waals surface area (Å²) in [5.74, 6) is 0.772. The maximum absolute atomic E-state index is 9.82. The molecule has 102 valence electrons. The highest BCUT2D eigenvalue weighted by Gasteiger charge is 2.37. The summed E-state index contributed by atoms with van der Waals surface area (Å²) < 4.78 is 0. The molecule has 17 heavy (non-hydrogen) atoms. The maximum atomic E-state index is 9.82. The molecule has 0 amide bonds. The van der Waals surface area contributed by atoms with Crippen molar-refractivity contribution >= 4 is 0 Å². The summed E-state index contributed by atoms with van der Waals surface area (Å²) >= 11 is 0. The van der Waals surface area contributed by atoms with Crippen LogP contribution in [0.5, 0.6) is 0 Å². The van der Waals surface area contributed by atoms with E-state index in [1.54, 1.807) is 0 Å². The summed E-state index contributed by atoms with van der Waals surface area (Å²) in [4.78, 5) is 2.45. The molecule has 0 bridgehead atoms. The number of rotatable bonds is 5. The molecule has 2 nitrogen and oxygen atoms in total. The fraction of sp³-hybridized carbons (Fsp3) is 1.00. The fourth-order valence-electron chi connectivity index (χ4n) is 3.09. The summed E-state index contributed by atoms with van der Waals surface area (Å²) in [6, 6.07) is 0. The van der Waals surface area contributed by atoms with E-state index in [0.717, 1.165) is 18.9 Å². The van der Waals surface area contributed by atoms with Crippen LogP contribution in [0.4, 0.5) is 0 Å². The van der Waals surface area contributed by atoms with E-state index in [2.05, 4.69) is 39.6 Å². The lowest BCUT2D eigenvalue weighted by molar-refractivity contribution is 0.00214. The molecule has 0 saturated heterocycles. The second-order valence-corrected chi connectivity index (χ2v) is 6.88. The van der Waals surface area contributed by atoms with E-state index in [1.165, 1.54) is 25.7 Å². The van der Waals surface area contributed by atoms with E-state index < -0.39 is 0 Å². The zero-order valence-corrected chi connectivity index (χ0v) is 12.4. The summed E-state index contributed by atoms with van der Waals surface area (Å²) in [5.41, 5.74) is 0.391. The molecule has 0 aromatic rings. The first kappa shape index (κ1) is 15.0. The van der Waals surface area contributed by atoms with Crippen LogP contribution in [-0.4, -0.2) is 35.7 Å². The fourth-order valence-corrected chi connectivity index (χ4v) is 3.09. The second kappa shape index (κ2) is 5.71. The summed E-state index contributed by atoms with van der Waals surface area (Å²) in [6.07, 6.45) is 6.15. The van der Waals surface area contributed by atoms with E-state index in [0.29, 0.717) is 6.61 Å². The van der Waals surface area contributed by atoms with Gasteiger partial charge in [-0.15, -0.1) is 0 Å². The molecule has 1 aliphatic carbocycles. The van der Waals surface area contributed by atoms with Crippen LogP contribution in [0.15, 0.2) is 0 Å². The molecule has 1 rings (SSSR count). The Morgan fingerprint density at radius 1 is 1.41 bits per heavy atom. The summed E-state index contributed by atoms with van der Waals surface area (Å²) in [7, 11) is 2.21. The Bertz CT molecular complexity index is 239. The highest BCUT2D eigenvalue weighted by atomic mass is 16.3. The van der Waals surface area contributed by atoms with Crippen molar-refractivity contribution in [2.45, 2.75) is 65.3 Å². The van der Waals surface area contributed by atoms with E-state index in [-0.39, 0.29) is 11.0 Å². The molecule has 1 saturated carbocycles. The SMILES string of the molecule is CCC(C)(C)N(C)CC1(CO)CCCC(C)C1. The molecular weight excluding hydrogens is 210 g/mol. The van der Waals surface area contributed by atoms with Crippen molar-refractivity contribution in [2.75, 3.05) is 20.2 Å². The van der Waals surface area contributed by atoms with Crippen LogP contribution in [0.2, 0.25) is 0 Å². The molecule has 0 radical (unpaired) electrons. The molecular formula is C15H31NO. The predicted molar refractivity (Wildman–Crippen MR) is 74.2 cm³/mol. The smallest absolute Gasteiger partial charge is 0.0499 e. The third-order valence-electron chi connectivity index (χ3n) is 4.99. The molecule has 1 N–H and O–H groups in total. The van der Waals surface area contributed by atoms with Crippen molar-refractivity contribution < 1.29 is 5.11 Å². The van der Waals surface area contributed by atoms with E-state index >= 15 is 0 Å². The van der Waals surface area contributed by atoms with Gasteiger partial charge in [-0.2, -0.15) is 0 Å². The van der Waals surface area contributed by atoms with Gasteiger partial charge in [0.15, 0.2) is 0 Å². The average molecular weight is 241 g/mol. The lowest BCUT2D eigenvalue weighted by atomic mass is 9.70. The Morgan fingerprint density at radius 3 is 2.53 bits per heavy atom. The number of hydrogen-bond acceptors (Lipinski definition) is 2. The van der Waals surface area contributed by atoms with Crippen LogP contribution in [0.3, 0.4) is 0 Å². The zero-order valence-electron chi connectivity index (χ0n) is 12.4. The summed E-state index contributed by atoms with van der Waals surface area (Å²) in [6.45, 7) is 10.5. The minimum atomic E-state index is 0.152. The van der Waals surface area contributed by atoms with E-state index in [9.17, 15) is 5.11 Å². The minimum Gasteiger partial charge on any atom is -0.396 e. The van der Waals surface area contributed by atoms with Crippen LogP contribution in [0.25, 0.3) is 0 Å². The van der Waals surface area contributed by atoms with Gasteiger partial charge in [-0.05, 0) is 46.1 Å². The molecule has 0 aliphatic heterocycles. The number of hydrogen-bond donors (Lipinski definition) is 1. The van der Waals surface area contributed by atoms with Gasteiger partial charge in [-0.25, -0.2) is 0 Å². The van der Waals surface area contributed by atoms with Gasteiger partial charge in [-0.3, -0.25) is 0 Å². The number of aliphatic hydroxyl groups is 1. The monoisotopic (exact) mass is 241 g/mol. The van der Waals surface area contributed by atoms with Crippen LogP contribution in [0.1, 0.15) is 59.8 Å². The second-order valence-electron chi connectivity index (χ2n) is 6.88. The van der Waals surface area contributed by atoms with Crippen molar-refractivity contribution in [3.63, 3.8) is 0 Å². The highest BCUT2D eigenvalue weighted by molar-refractivity contribution is 4.90. The average Bonchev–Trinajstić information content (AvgIpc) is 2.29.